The molecule has 1 aromatic carbocycles. The van der Waals surface area contributed by atoms with Gasteiger partial charge in [0.05, 0.1) is 6.61 Å². The van der Waals surface area contributed by atoms with Gasteiger partial charge in [-0.1, -0.05) is 22.0 Å². The van der Waals surface area contributed by atoms with E-state index in [1.165, 1.54) is 25.1 Å². The highest BCUT2D eigenvalue weighted by atomic mass is 79.9. The van der Waals surface area contributed by atoms with E-state index < -0.39 is 0 Å². The Morgan fingerprint density at radius 2 is 2.19 bits per heavy atom. The largest absolute Gasteiger partial charge is 0.491 e. The Kier molecular flexibility index (Phi) is 4.21. The number of likely N-dealkylation sites (tertiary alicyclic amines) is 1. The molecule has 0 amide bonds. The minimum Gasteiger partial charge on any atom is -0.491 e. The molecule has 0 saturated carbocycles. The van der Waals surface area contributed by atoms with Crippen LogP contribution in [0.5, 0.6) is 5.75 Å². The van der Waals surface area contributed by atoms with E-state index in [2.05, 4.69) is 26.9 Å². The molecule has 2 rings (SSSR count). The molecule has 0 atom stereocenters. The SMILES string of the molecule is OCCOc1ccc(CN2CCC2)c(Br)c1. The summed E-state index contributed by atoms with van der Waals surface area (Å²) in [4.78, 5) is 2.41. The molecule has 0 bridgehead atoms. The van der Waals surface area contributed by atoms with E-state index in [1.54, 1.807) is 0 Å². The monoisotopic (exact) mass is 285 g/mol. The van der Waals surface area contributed by atoms with Gasteiger partial charge in [-0.2, -0.15) is 0 Å². The maximum Gasteiger partial charge on any atom is 0.120 e. The summed E-state index contributed by atoms with van der Waals surface area (Å²) in [5, 5.41) is 8.67. The van der Waals surface area contributed by atoms with Crippen LogP contribution in [0, 0.1) is 0 Å². The second kappa shape index (κ2) is 5.66. The standard InChI is InChI=1S/C12H16BrNO2/c13-12-8-11(16-7-6-15)3-2-10(12)9-14-4-1-5-14/h2-3,8,15H,1,4-7,9H2. The summed E-state index contributed by atoms with van der Waals surface area (Å²) >= 11 is 3.55. The van der Waals surface area contributed by atoms with E-state index in [1.807, 2.05) is 12.1 Å². The van der Waals surface area contributed by atoms with Crippen molar-refractivity contribution in [2.24, 2.45) is 0 Å². The molecule has 0 spiro atoms. The molecule has 1 saturated heterocycles. The van der Waals surface area contributed by atoms with E-state index in [4.69, 9.17) is 9.84 Å². The van der Waals surface area contributed by atoms with E-state index in [0.717, 1.165) is 16.8 Å². The number of benzene rings is 1. The van der Waals surface area contributed by atoms with E-state index in [-0.39, 0.29) is 6.61 Å². The van der Waals surface area contributed by atoms with Crippen molar-refractivity contribution in [3.8, 4) is 5.75 Å². The molecule has 1 aliphatic rings. The normalized spacial score (nSPS) is 15.9. The van der Waals surface area contributed by atoms with E-state index >= 15 is 0 Å². The lowest BCUT2D eigenvalue weighted by atomic mass is 10.1. The van der Waals surface area contributed by atoms with Crippen LogP contribution in [-0.2, 0) is 6.54 Å². The van der Waals surface area contributed by atoms with Crippen molar-refractivity contribution in [2.75, 3.05) is 26.3 Å². The molecular weight excluding hydrogens is 270 g/mol. The van der Waals surface area contributed by atoms with Crippen LogP contribution in [0.4, 0.5) is 0 Å². The first-order chi connectivity index (χ1) is 7.79. The average Bonchev–Trinajstić information content (AvgIpc) is 2.22. The Labute approximate surface area is 104 Å². The first-order valence-electron chi connectivity index (χ1n) is 5.54. The van der Waals surface area contributed by atoms with Gasteiger partial charge in [-0.3, -0.25) is 4.90 Å². The Morgan fingerprint density at radius 3 is 2.75 bits per heavy atom. The summed E-state index contributed by atoms with van der Waals surface area (Å²) in [5.41, 5.74) is 1.29. The zero-order chi connectivity index (χ0) is 11.4. The van der Waals surface area contributed by atoms with Gasteiger partial charge in [0.2, 0.25) is 0 Å². The molecule has 1 fully saturated rings. The van der Waals surface area contributed by atoms with Gasteiger partial charge in [0, 0.05) is 11.0 Å². The highest BCUT2D eigenvalue weighted by Crippen LogP contribution is 2.25. The predicted molar refractivity (Wildman–Crippen MR) is 66.6 cm³/mol. The summed E-state index contributed by atoms with van der Waals surface area (Å²) in [6, 6.07) is 6.00. The van der Waals surface area contributed by atoms with Gasteiger partial charge in [-0.15, -0.1) is 0 Å². The zero-order valence-corrected chi connectivity index (χ0v) is 10.7. The third kappa shape index (κ3) is 2.97. The van der Waals surface area contributed by atoms with Crippen LogP contribution in [0.2, 0.25) is 0 Å². The Balaban J connectivity index is 1.97. The van der Waals surface area contributed by atoms with Crippen LogP contribution in [0.1, 0.15) is 12.0 Å². The van der Waals surface area contributed by atoms with Crippen LogP contribution in [0.25, 0.3) is 0 Å². The Morgan fingerprint density at radius 1 is 1.38 bits per heavy atom. The third-order valence-corrected chi connectivity index (χ3v) is 3.47. The molecule has 0 unspecified atom stereocenters. The molecule has 1 aromatic rings. The topological polar surface area (TPSA) is 32.7 Å². The Hall–Kier alpha value is -0.580. The molecule has 0 aliphatic carbocycles. The number of ether oxygens (including phenoxy) is 1. The number of hydrogen-bond acceptors (Lipinski definition) is 3. The van der Waals surface area contributed by atoms with Crippen molar-refractivity contribution >= 4 is 15.9 Å². The molecule has 0 radical (unpaired) electrons. The van der Waals surface area contributed by atoms with Gasteiger partial charge in [0.25, 0.3) is 0 Å². The van der Waals surface area contributed by atoms with Crippen LogP contribution < -0.4 is 4.74 Å². The maximum atomic E-state index is 8.67. The van der Waals surface area contributed by atoms with Crippen molar-refractivity contribution in [1.82, 2.24) is 4.90 Å². The lowest BCUT2D eigenvalue weighted by molar-refractivity contribution is 0.172. The third-order valence-electron chi connectivity index (χ3n) is 2.73. The van der Waals surface area contributed by atoms with E-state index in [9.17, 15) is 0 Å². The fourth-order valence-corrected chi connectivity index (χ4v) is 2.17. The second-order valence-electron chi connectivity index (χ2n) is 3.95. The van der Waals surface area contributed by atoms with E-state index in [0.29, 0.717) is 6.61 Å². The average molecular weight is 286 g/mol. The number of aliphatic hydroxyl groups excluding tert-OH is 1. The number of nitrogens with zero attached hydrogens (tertiary/aromatic N) is 1. The second-order valence-corrected chi connectivity index (χ2v) is 4.81. The zero-order valence-electron chi connectivity index (χ0n) is 9.16. The number of rotatable bonds is 5. The van der Waals surface area contributed by atoms with Crippen LogP contribution in [0.15, 0.2) is 22.7 Å². The first kappa shape index (κ1) is 11.9. The van der Waals surface area contributed by atoms with Gasteiger partial charge < -0.3 is 9.84 Å². The molecule has 1 N–H and O–H groups in total. The number of hydrogen-bond donors (Lipinski definition) is 1. The van der Waals surface area contributed by atoms with Gasteiger partial charge in [0.1, 0.15) is 12.4 Å². The lowest BCUT2D eigenvalue weighted by Gasteiger charge is -2.31. The van der Waals surface area contributed by atoms with Crippen molar-refractivity contribution in [2.45, 2.75) is 13.0 Å². The fourth-order valence-electron chi connectivity index (χ4n) is 1.69. The fraction of sp³-hybridized carbons (Fsp3) is 0.500. The van der Waals surface area contributed by atoms with Crippen molar-refractivity contribution in [1.29, 1.82) is 0 Å². The molecule has 3 nitrogen and oxygen atoms in total. The van der Waals surface area contributed by atoms with Crippen molar-refractivity contribution in [3.05, 3.63) is 28.2 Å². The minimum atomic E-state index is 0.0488. The molecule has 88 valence electrons. The van der Waals surface area contributed by atoms with Gasteiger partial charge in [0.15, 0.2) is 0 Å². The maximum absolute atomic E-state index is 8.67. The summed E-state index contributed by atoms with van der Waals surface area (Å²) < 4.78 is 6.42. The summed E-state index contributed by atoms with van der Waals surface area (Å²) in [5.74, 6) is 0.799. The Bertz CT molecular complexity index is 353. The predicted octanol–water partition coefficient (Wildman–Crippen LogP) is 2.03. The van der Waals surface area contributed by atoms with Crippen LogP contribution >= 0.6 is 15.9 Å². The highest BCUT2D eigenvalue weighted by molar-refractivity contribution is 9.10. The van der Waals surface area contributed by atoms with Gasteiger partial charge >= 0.3 is 0 Å². The van der Waals surface area contributed by atoms with Crippen LogP contribution in [0.3, 0.4) is 0 Å². The quantitative estimate of drug-likeness (QED) is 0.899. The lowest BCUT2D eigenvalue weighted by Crippen LogP contribution is -2.36. The smallest absolute Gasteiger partial charge is 0.120 e. The molecular formula is C12H16BrNO2. The molecule has 16 heavy (non-hydrogen) atoms. The first-order valence-corrected chi connectivity index (χ1v) is 6.33. The number of halogens is 1. The van der Waals surface area contributed by atoms with Crippen molar-refractivity contribution in [3.63, 3.8) is 0 Å². The summed E-state index contributed by atoms with van der Waals surface area (Å²) in [6.45, 7) is 3.80. The summed E-state index contributed by atoms with van der Waals surface area (Å²) in [6.07, 6.45) is 1.31. The highest BCUT2D eigenvalue weighted by Gasteiger charge is 2.15. The molecule has 1 heterocycles. The van der Waals surface area contributed by atoms with Crippen LogP contribution in [-0.4, -0.2) is 36.3 Å². The molecule has 1 aliphatic heterocycles. The summed E-state index contributed by atoms with van der Waals surface area (Å²) in [7, 11) is 0. The minimum absolute atomic E-state index is 0.0488. The van der Waals surface area contributed by atoms with Gasteiger partial charge in [-0.25, -0.2) is 0 Å². The molecule has 4 heteroatoms. The van der Waals surface area contributed by atoms with Gasteiger partial charge in [-0.05, 0) is 37.2 Å². The van der Waals surface area contributed by atoms with Crippen molar-refractivity contribution < 1.29 is 9.84 Å². The number of aliphatic hydroxyl groups is 1. The molecule has 0 aromatic heterocycles.